The largest absolute Gasteiger partial charge is 0.480 e. The molecule has 1 heterocycles. The Kier molecular flexibility index (Phi) is 4.25. The van der Waals surface area contributed by atoms with E-state index in [-0.39, 0.29) is 18.0 Å². The van der Waals surface area contributed by atoms with Gasteiger partial charge in [-0.05, 0) is 37.5 Å². The van der Waals surface area contributed by atoms with Crippen molar-refractivity contribution >= 4 is 12.0 Å². The van der Waals surface area contributed by atoms with E-state index in [1.54, 1.807) is 16.8 Å². The fourth-order valence-corrected chi connectivity index (χ4v) is 3.64. The summed E-state index contributed by atoms with van der Waals surface area (Å²) in [7, 11) is 1.78. The average molecular weight is 282 g/mol. The highest BCUT2D eigenvalue weighted by Gasteiger charge is 2.50. The van der Waals surface area contributed by atoms with Gasteiger partial charge < -0.3 is 14.9 Å². The second-order valence-corrected chi connectivity index (χ2v) is 6.67. The Hall–Kier alpha value is -1.26. The Morgan fingerprint density at radius 2 is 1.90 bits per heavy atom. The summed E-state index contributed by atoms with van der Waals surface area (Å²) in [6.45, 7) is 6.76. The predicted molar refractivity (Wildman–Crippen MR) is 76.4 cm³/mol. The van der Waals surface area contributed by atoms with Gasteiger partial charge in [-0.25, -0.2) is 9.59 Å². The van der Waals surface area contributed by atoms with E-state index in [0.717, 1.165) is 19.3 Å². The molecule has 0 aromatic carbocycles. The maximum atomic E-state index is 12.6. The van der Waals surface area contributed by atoms with Gasteiger partial charge in [-0.15, -0.1) is 0 Å². The predicted octanol–water partition coefficient (Wildman–Crippen LogP) is 2.27. The van der Waals surface area contributed by atoms with E-state index in [0.29, 0.717) is 18.4 Å². The number of carbonyl (C=O) groups excluding carboxylic acids is 1. The fourth-order valence-electron chi connectivity index (χ4n) is 3.64. The zero-order valence-electron chi connectivity index (χ0n) is 12.9. The van der Waals surface area contributed by atoms with Gasteiger partial charge >= 0.3 is 12.0 Å². The molecule has 2 amide bonds. The molecule has 1 saturated heterocycles. The third-order valence-corrected chi connectivity index (χ3v) is 5.27. The molecule has 0 bridgehead atoms. The van der Waals surface area contributed by atoms with Crippen molar-refractivity contribution in [3.05, 3.63) is 0 Å². The highest BCUT2D eigenvalue weighted by molar-refractivity contribution is 5.84. The smallest absolute Gasteiger partial charge is 0.326 e. The number of amides is 2. The molecular weight excluding hydrogens is 256 g/mol. The summed E-state index contributed by atoms with van der Waals surface area (Å²) in [5, 5.41) is 9.50. The lowest BCUT2D eigenvalue weighted by atomic mass is 9.94. The van der Waals surface area contributed by atoms with Gasteiger partial charge in [0, 0.05) is 19.6 Å². The number of nitrogens with zero attached hydrogens (tertiary/aromatic N) is 2. The van der Waals surface area contributed by atoms with Crippen LogP contribution in [0.4, 0.5) is 4.79 Å². The molecule has 114 valence electrons. The molecule has 1 N–H and O–H groups in total. The van der Waals surface area contributed by atoms with Crippen LogP contribution in [0, 0.1) is 17.8 Å². The highest BCUT2D eigenvalue weighted by Crippen LogP contribution is 2.42. The standard InChI is InChI=1S/C15H26N2O3/c1-9(2)10(3)16(4)15(20)17-8-11-6-5-7-12(11)13(17)14(18)19/h9-13H,5-8H2,1-4H3,(H,18,19). The van der Waals surface area contributed by atoms with Crippen molar-refractivity contribution in [1.29, 1.82) is 0 Å². The molecule has 4 unspecified atom stereocenters. The molecule has 5 heteroatoms. The summed E-state index contributed by atoms with van der Waals surface area (Å²) in [6.07, 6.45) is 3.09. The normalized spacial score (nSPS) is 30.4. The summed E-state index contributed by atoms with van der Waals surface area (Å²) in [5.74, 6) is 0.0368. The van der Waals surface area contributed by atoms with Gasteiger partial charge in [-0.1, -0.05) is 20.3 Å². The Bertz CT molecular complexity index is 397. The lowest BCUT2D eigenvalue weighted by Gasteiger charge is -2.34. The molecule has 20 heavy (non-hydrogen) atoms. The van der Waals surface area contributed by atoms with Gasteiger partial charge in [0.25, 0.3) is 0 Å². The molecule has 5 nitrogen and oxygen atoms in total. The van der Waals surface area contributed by atoms with E-state index < -0.39 is 12.0 Å². The molecule has 0 aromatic rings. The molecule has 0 spiro atoms. The van der Waals surface area contributed by atoms with E-state index in [1.807, 2.05) is 6.92 Å². The first-order valence-corrected chi connectivity index (χ1v) is 7.60. The van der Waals surface area contributed by atoms with Crippen LogP contribution < -0.4 is 0 Å². The minimum atomic E-state index is -0.849. The summed E-state index contributed by atoms with van der Waals surface area (Å²) >= 11 is 0. The Morgan fingerprint density at radius 1 is 1.25 bits per heavy atom. The first kappa shape index (κ1) is 15.1. The number of urea groups is 1. The monoisotopic (exact) mass is 282 g/mol. The fraction of sp³-hybridized carbons (Fsp3) is 0.867. The van der Waals surface area contributed by atoms with Crippen molar-refractivity contribution in [3.63, 3.8) is 0 Å². The van der Waals surface area contributed by atoms with Gasteiger partial charge in [0.05, 0.1) is 0 Å². The molecule has 0 radical (unpaired) electrons. The number of carboxylic acids is 1. The summed E-state index contributed by atoms with van der Waals surface area (Å²) in [6, 6.07) is -0.651. The van der Waals surface area contributed by atoms with E-state index in [1.165, 1.54) is 0 Å². The van der Waals surface area contributed by atoms with Gasteiger partial charge in [0.2, 0.25) is 0 Å². The molecular formula is C15H26N2O3. The Morgan fingerprint density at radius 3 is 2.45 bits per heavy atom. The zero-order valence-corrected chi connectivity index (χ0v) is 12.9. The molecule has 0 aromatic heterocycles. The van der Waals surface area contributed by atoms with Gasteiger partial charge in [-0.2, -0.15) is 0 Å². The van der Waals surface area contributed by atoms with E-state index in [2.05, 4.69) is 13.8 Å². The quantitative estimate of drug-likeness (QED) is 0.863. The third kappa shape index (κ3) is 2.50. The number of carbonyl (C=O) groups is 2. The van der Waals surface area contributed by atoms with Crippen molar-refractivity contribution in [3.8, 4) is 0 Å². The molecule has 2 rings (SSSR count). The van der Waals surface area contributed by atoms with Crippen LogP contribution in [0.15, 0.2) is 0 Å². The van der Waals surface area contributed by atoms with Gasteiger partial charge in [0.1, 0.15) is 6.04 Å². The van der Waals surface area contributed by atoms with Crippen LogP contribution in [-0.2, 0) is 4.79 Å². The summed E-state index contributed by atoms with van der Waals surface area (Å²) in [5.41, 5.74) is 0. The van der Waals surface area contributed by atoms with Crippen LogP contribution >= 0.6 is 0 Å². The number of carboxylic acid groups (broad SMARTS) is 1. The minimum absolute atomic E-state index is 0.109. The van der Waals surface area contributed by atoms with Crippen molar-refractivity contribution < 1.29 is 14.7 Å². The molecule has 1 saturated carbocycles. The lowest BCUT2D eigenvalue weighted by molar-refractivity contribution is -0.142. The first-order chi connectivity index (χ1) is 9.34. The Balaban J connectivity index is 2.14. The number of fused-ring (bicyclic) bond motifs is 1. The third-order valence-electron chi connectivity index (χ3n) is 5.27. The van der Waals surface area contributed by atoms with Crippen LogP contribution in [0.2, 0.25) is 0 Å². The second kappa shape index (κ2) is 5.62. The van der Waals surface area contributed by atoms with Crippen LogP contribution in [0.5, 0.6) is 0 Å². The second-order valence-electron chi connectivity index (χ2n) is 6.67. The topological polar surface area (TPSA) is 60.9 Å². The van der Waals surface area contributed by atoms with Crippen LogP contribution in [-0.4, -0.2) is 52.6 Å². The molecule has 1 aliphatic carbocycles. The minimum Gasteiger partial charge on any atom is -0.480 e. The average Bonchev–Trinajstić information content (AvgIpc) is 2.94. The summed E-state index contributed by atoms with van der Waals surface area (Å²) in [4.78, 5) is 27.5. The van der Waals surface area contributed by atoms with Crippen molar-refractivity contribution in [2.24, 2.45) is 17.8 Å². The first-order valence-electron chi connectivity index (χ1n) is 7.60. The molecule has 2 fully saturated rings. The van der Waals surface area contributed by atoms with Crippen molar-refractivity contribution in [1.82, 2.24) is 9.80 Å². The van der Waals surface area contributed by atoms with Crippen molar-refractivity contribution in [2.75, 3.05) is 13.6 Å². The number of rotatable bonds is 3. The number of hydrogen-bond donors (Lipinski definition) is 1. The van der Waals surface area contributed by atoms with E-state index >= 15 is 0 Å². The van der Waals surface area contributed by atoms with Crippen LogP contribution in [0.25, 0.3) is 0 Å². The lowest BCUT2D eigenvalue weighted by Crippen LogP contribution is -2.51. The highest BCUT2D eigenvalue weighted by atomic mass is 16.4. The van der Waals surface area contributed by atoms with Gasteiger partial charge in [0.15, 0.2) is 0 Å². The number of hydrogen-bond acceptors (Lipinski definition) is 2. The van der Waals surface area contributed by atoms with Gasteiger partial charge in [-0.3, -0.25) is 0 Å². The zero-order chi connectivity index (χ0) is 15.0. The Labute approximate surface area is 120 Å². The summed E-state index contributed by atoms with van der Waals surface area (Å²) < 4.78 is 0. The van der Waals surface area contributed by atoms with Crippen LogP contribution in [0.1, 0.15) is 40.0 Å². The molecule has 1 aliphatic heterocycles. The molecule has 4 atom stereocenters. The van der Waals surface area contributed by atoms with E-state index in [9.17, 15) is 14.7 Å². The number of aliphatic carboxylic acids is 1. The van der Waals surface area contributed by atoms with Crippen molar-refractivity contribution in [2.45, 2.75) is 52.1 Å². The maximum Gasteiger partial charge on any atom is 0.326 e. The van der Waals surface area contributed by atoms with Crippen LogP contribution in [0.3, 0.4) is 0 Å². The van der Waals surface area contributed by atoms with E-state index in [4.69, 9.17) is 0 Å². The number of likely N-dealkylation sites (tertiary alicyclic amines) is 1. The maximum absolute atomic E-state index is 12.6. The SMILES string of the molecule is CC(C)C(C)N(C)C(=O)N1CC2CCCC2C1C(=O)O. The molecule has 2 aliphatic rings.